The molecule has 0 fully saturated rings. The smallest absolute Gasteiger partial charge is 0.411 e. The summed E-state index contributed by atoms with van der Waals surface area (Å²) >= 11 is 0. The molecule has 2 rings (SSSR count). The first kappa shape index (κ1) is 14.6. The zero-order valence-electron chi connectivity index (χ0n) is 11.5. The number of amides is 1. The second kappa shape index (κ2) is 6.56. The molecule has 5 heteroatoms. The molecule has 0 aromatic heterocycles. The molecule has 2 aromatic carbocycles. The average Bonchev–Trinajstić information content (AvgIpc) is 2.48. The SMILES string of the molecule is Cc1c(NC(=O)OCc2ccccc2)cccc1C(=O)O. The Hall–Kier alpha value is -2.82. The summed E-state index contributed by atoms with van der Waals surface area (Å²) in [4.78, 5) is 22.8. The number of rotatable bonds is 4. The van der Waals surface area contributed by atoms with Crippen LogP contribution in [0.4, 0.5) is 10.5 Å². The van der Waals surface area contributed by atoms with Crippen molar-refractivity contribution in [2.24, 2.45) is 0 Å². The van der Waals surface area contributed by atoms with Gasteiger partial charge in [0.25, 0.3) is 0 Å². The quantitative estimate of drug-likeness (QED) is 0.902. The Balaban J connectivity index is 2.00. The van der Waals surface area contributed by atoms with Gasteiger partial charge in [-0.05, 0) is 30.2 Å². The number of aromatic carboxylic acids is 1. The molecule has 1 amide bonds. The first-order valence-electron chi connectivity index (χ1n) is 6.38. The highest BCUT2D eigenvalue weighted by Crippen LogP contribution is 2.19. The standard InChI is InChI=1S/C16H15NO4/c1-11-13(15(18)19)8-5-9-14(11)17-16(20)21-10-12-6-3-2-4-7-12/h2-9H,10H2,1H3,(H,17,20)(H,18,19). The maximum absolute atomic E-state index is 11.7. The number of benzene rings is 2. The minimum atomic E-state index is -1.03. The van der Waals surface area contributed by atoms with E-state index < -0.39 is 12.1 Å². The molecule has 0 heterocycles. The van der Waals surface area contributed by atoms with Gasteiger partial charge in [0.05, 0.1) is 5.56 Å². The summed E-state index contributed by atoms with van der Waals surface area (Å²) < 4.78 is 5.09. The summed E-state index contributed by atoms with van der Waals surface area (Å²) in [5.74, 6) is -1.03. The van der Waals surface area contributed by atoms with Crippen molar-refractivity contribution >= 4 is 17.7 Å². The number of carboxylic acids is 1. The summed E-state index contributed by atoms with van der Waals surface area (Å²) in [5.41, 5.74) is 1.94. The van der Waals surface area contributed by atoms with Crippen LogP contribution in [-0.2, 0) is 11.3 Å². The predicted octanol–water partition coefficient (Wildman–Crippen LogP) is 3.44. The highest BCUT2D eigenvalue weighted by molar-refractivity contribution is 5.94. The Morgan fingerprint density at radius 3 is 2.48 bits per heavy atom. The highest BCUT2D eigenvalue weighted by Gasteiger charge is 2.12. The monoisotopic (exact) mass is 285 g/mol. The fourth-order valence-corrected chi connectivity index (χ4v) is 1.87. The van der Waals surface area contributed by atoms with Gasteiger partial charge in [-0.1, -0.05) is 36.4 Å². The largest absolute Gasteiger partial charge is 0.478 e. The van der Waals surface area contributed by atoms with Crippen LogP contribution in [0.1, 0.15) is 21.5 Å². The molecule has 0 saturated carbocycles. The van der Waals surface area contributed by atoms with Crippen molar-refractivity contribution in [3.8, 4) is 0 Å². The molecule has 0 aliphatic rings. The van der Waals surface area contributed by atoms with Crippen LogP contribution in [0.3, 0.4) is 0 Å². The van der Waals surface area contributed by atoms with E-state index in [0.29, 0.717) is 11.3 Å². The topological polar surface area (TPSA) is 75.6 Å². The van der Waals surface area contributed by atoms with E-state index in [2.05, 4.69) is 5.32 Å². The molecule has 0 bridgehead atoms. The van der Waals surface area contributed by atoms with Crippen LogP contribution in [0, 0.1) is 6.92 Å². The van der Waals surface area contributed by atoms with E-state index in [1.165, 1.54) is 6.07 Å². The average molecular weight is 285 g/mol. The molecule has 0 aliphatic heterocycles. The Labute approximate surface area is 122 Å². The molecular formula is C16H15NO4. The third-order valence-corrected chi connectivity index (χ3v) is 3.01. The van der Waals surface area contributed by atoms with Gasteiger partial charge < -0.3 is 9.84 Å². The van der Waals surface area contributed by atoms with Crippen molar-refractivity contribution in [2.45, 2.75) is 13.5 Å². The number of ether oxygens (including phenoxy) is 1. The van der Waals surface area contributed by atoms with Gasteiger partial charge in [-0.15, -0.1) is 0 Å². The number of carbonyl (C=O) groups excluding carboxylic acids is 1. The molecule has 0 unspecified atom stereocenters. The maximum atomic E-state index is 11.7. The number of carbonyl (C=O) groups is 2. The van der Waals surface area contributed by atoms with E-state index in [1.54, 1.807) is 19.1 Å². The zero-order chi connectivity index (χ0) is 15.2. The second-order valence-corrected chi connectivity index (χ2v) is 4.47. The zero-order valence-corrected chi connectivity index (χ0v) is 11.5. The lowest BCUT2D eigenvalue weighted by Gasteiger charge is -2.11. The fourth-order valence-electron chi connectivity index (χ4n) is 1.87. The van der Waals surface area contributed by atoms with Gasteiger partial charge in [0.2, 0.25) is 0 Å². The number of hydrogen-bond acceptors (Lipinski definition) is 3. The normalized spacial score (nSPS) is 9.95. The first-order chi connectivity index (χ1) is 10.1. The molecule has 0 saturated heterocycles. The van der Waals surface area contributed by atoms with Crippen molar-refractivity contribution in [1.29, 1.82) is 0 Å². The van der Waals surface area contributed by atoms with Crippen LogP contribution < -0.4 is 5.32 Å². The fraction of sp³-hybridized carbons (Fsp3) is 0.125. The van der Waals surface area contributed by atoms with E-state index in [1.807, 2.05) is 30.3 Å². The Bertz CT molecular complexity index is 653. The lowest BCUT2D eigenvalue weighted by molar-refractivity contribution is 0.0696. The summed E-state index contributed by atoms with van der Waals surface area (Å²) in [7, 11) is 0. The molecule has 21 heavy (non-hydrogen) atoms. The summed E-state index contributed by atoms with van der Waals surface area (Å²) in [6, 6.07) is 14.0. The Kier molecular flexibility index (Phi) is 4.56. The van der Waals surface area contributed by atoms with Crippen molar-refractivity contribution < 1.29 is 19.4 Å². The molecule has 0 atom stereocenters. The maximum Gasteiger partial charge on any atom is 0.411 e. The van der Waals surface area contributed by atoms with E-state index in [0.717, 1.165) is 5.56 Å². The van der Waals surface area contributed by atoms with Crippen LogP contribution in [0.25, 0.3) is 0 Å². The minimum absolute atomic E-state index is 0.149. The predicted molar refractivity (Wildman–Crippen MR) is 78.4 cm³/mol. The van der Waals surface area contributed by atoms with Gasteiger partial charge in [-0.3, -0.25) is 5.32 Å². The van der Waals surface area contributed by atoms with Gasteiger partial charge >= 0.3 is 12.1 Å². The molecular weight excluding hydrogens is 270 g/mol. The van der Waals surface area contributed by atoms with E-state index in [9.17, 15) is 9.59 Å². The summed E-state index contributed by atoms with van der Waals surface area (Å²) in [6.07, 6.45) is -0.621. The van der Waals surface area contributed by atoms with Gasteiger partial charge in [-0.2, -0.15) is 0 Å². The van der Waals surface area contributed by atoms with Gasteiger partial charge in [0, 0.05) is 5.69 Å². The van der Waals surface area contributed by atoms with Crippen molar-refractivity contribution in [3.05, 3.63) is 65.2 Å². The third kappa shape index (κ3) is 3.82. The number of nitrogens with one attached hydrogen (secondary N) is 1. The highest BCUT2D eigenvalue weighted by atomic mass is 16.5. The molecule has 2 aromatic rings. The first-order valence-corrected chi connectivity index (χ1v) is 6.38. The number of carboxylic acid groups (broad SMARTS) is 1. The van der Waals surface area contributed by atoms with Gasteiger partial charge in [0.1, 0.15) is 6.61 Å². The van der Waals surface area contributed by atoms with Crippen LogP contribution in [0.2, 0.25) is 0 Å². The van der Waals surface area contributed by atoms with Crippen LogP contribution in [-0.4, -0.2) is 17.2 Å². The van der Waals surface area contributed by atoms with Crippen molar-refractivity contribution in [3.63, 3.8) is 0 Å². The van der Waals surface area contributed by atoms with Crippen molar-refractivity contribution in [2.75, 3.05) is 5.32 Å². The Morgan fingerprint density at radius 2 is 1.81 bits per heavy atom. The second-order valence-electron chi connectivity index (χ2n) is 4.47. The molecule has 0 spiro atoms. The molecule has 2 N–H and O–H groups in total. The number of hydrogen-bond donors (Lipinski definition) is 2. The van der Waals surface area contributed by atoms with Gasteiger partial charge in [-0.25, -0.2) is 9.59 Å². The summed E-state index contributed by atoms with van der Waals surface area (Å²) in [6.45, 7) is 1.79. The van der Waals surface area contributed by atoms with E-state index in [4.69, 9.17) is 9.84 Å². The minimum Gasteiger partial charge on any atom is -0.478 e. The number of anilines is 1. The third-order valence-electron chi connectivity index (χ3n) is 3.01. The molecule has 0 radical (unpaired) electrons. The lowest BCUT2D eigenvalue weighted by Crippen LogP contribution is -2.15. The molecule has 108 valence electrons. The molecule has 5 nitrogen and oxygen atoms in total. The molecule has 0 aliphatic carbocycles. The van der Waals surface area contributed by atoms with Crippen molar-refractivity contribution in [1.82, 2.24) is 0 Å². The van der Waals surface area contributed by atoms with Crippen LogP contribution in [0.5, 0.6) is 0 Å². The van der Waals surface area contributed by atoms with Crippen LogP contribution >= 0.6 is 0 Å². The van der Waals surface area contributed by atoms with Crippen LogP contribution in [0.15, 0.2) is 48.5 Å². The Morgan fingerprint density at radius 1 is 1.10 bits per heavy atom. The van der Waals surface area contributed by atoms with E-state index in [-0.39, 0.29) is 12.2 Å². The summed E-state index contributed by atoms with van der Waals surface area (Å²) in [5, 5.41) is 11.6. The lowest BCUT2D eigenvalue weighted by atomic mass is 10.1. The van der Waals surface area contributed by atoms with E-state index >= 15 is 0 Å². The van der Waals surface area contributed by atoms with Gasteiger partial charge in [0.15, 0.2) is 0 Å².